The fraction of sp³-hybridized carbons (Fsp3) is 0.316. The van der Waals surface area contributed by atoms with E-state index < -0.39 is 0 Å². The number of hydrogen-bond acceptors (Lipinski definition) is 0. The summed E-state index contributed by atoms with van der Waals surface area (Å²) in [5, 5.41) is 0. The molecule has 0 nitrogen and oxygen atoms in total. The fourth-order valence-electron chi connectivity index (χ4n) is 3.04. The van der Waals surface area contributed by atoms with Crippen LogP contribution in [0.3, 0.4) is 0 Å². The van der Waals surface area contributed by atoms with Gasteiger partial charge in [-0.05, 0) is 17.0 Å². The van der Waals surface area contributed by atoms with Crippen LogP contribution in [0.2, 0.25) is 0 Å². The smallest absolute Gasteiger partial charge is 0.0175 e. The number of hydrogen-bond donors (Lipinski definition) is 0. The summed E-state index contributed by atoms with van der Waals surface area (Å²) < 4.78 is 0. The van der Waals surface area contributed by atoms with Crippen molar-refractivity contribution < 1.29 is 0 Å². The standard InChI is InChI=1S/C19H23/c1-15(2)18(16-11-7-5-8-12-16)19(3,4)17-13-9-6-10-14-17/h5-15H,1-4H3. The molecule has 0 N–H and O–H groups in total. The number of benzene rings is 2. The molecule has 0 saturated carbocycles. The summed E-state index contributed by atoms with van der Waals surface area (Å²) in [4.78, 5) is 0. The minimum absolute atomic E-state index is 0.0524. The molecule has 0 aliphatic heterocycles. The molecule has 99 valence electrons. The minimum Gasteiger partial charge on any atom is -0.0622 e. The van der Waals surface area contributed by atoms with E-state index in [1.165, 1.54) is 17.0 Å². The molecule has 0 aromatic heterocycles. The van der Waals surface area contributed by atoms with E-state index in [2.05, 4.69) is 88.4 Å². The maximum atomic E-state index is 2.32. The molecule has 0 heterocycles. The van der Waals surface area contributed by atoms with Crippen molar-refractivity contribution in [2.75, 3.05) is 0 Å². The molecule has 1 radical (unpaired) electrons. The summed E-state index contributed by atoms with van der Waals surface area (Å²) >= 11 is 0. The van der Waals surface area contributed by atoms with Crippen LogP contribution in [0.15, 0.2) is 60.7 Å². The highest BCUT2D eigenvalue weighted by Crippen LogP contribution is 2.42. The van der Waals surface area contributed by atoms with Crippen molar-refractivity contribution in [1.29, 1.82) is 0 Å². The predicted octanol–water partition coefficient (Wildman–Crippen LogP) is 5.24. The molecule has 0 heteroatoms. The van der Waals surface area contributed by atoms with Crippen molar-refractivity contribution in [3.63, 3.8) is 0 Å². The van der Waals surface area contributed by atoms with E-state index in [1.54, 1.807) is 0 Å². The second-order valence-corrected chi connectivity index (χ2v) is 5.93. The monoisotopic (exact) mass is 251 g/mol. The molecule has 2 rings (SSSR count). The SMILES string of the molecule is CC(C)[C](c1ccccc1)C(C)(C)c1ccccc1. The first-order valence-corrected chi connectivity index (χ1v) is 7.01. The van der Waals surface area contributed by atoms with Gasteiger partial charge in [0, 0.05) is 11.3 Å². The third-order valence-electron chi connectivity index (χ3n) is 3.83. The van der Waals surface area contributed by atoms with Crippen molar-refractivity contribution >= 4 is 0 Å². The average molecular weight is 251 g/mol. The van der Waals surface area contributed by atoms with Crippen LogP contribution in [0.4, 0.5) is 0 Å². The van der Waals surface area contributed by atoms with Gasteiger partial charge in [-0.2, -0.15) is 0 Å². The van der Waals surface area contributed by atoms with E-state index in [0.717, 1.165) is 0 Å². The van der Waals surface area contributed by atoms with Gasteiger partial charge in [-0.25, -0.2) is 0 Å². The lowest BCUT2D eigenvalue weighted by atomic mass is 9.66. The van der Waals surface area contributed by atoms with Gasteiger partial charge in [-0.3, -0.25) is 0 Å². The third-order valence-corrected chi connectivity index (χ3v) is 3.83. The van der Waals surface area contributed by atoms with Gasteiger partial charge in [0.1, 0.15) is 0 Å². The van der Waals surface area contributed by atoms with E-state index in [0.29, 0.717) is 5.92 Å². The van der Waals surface area contributed by atoms with E-state index in [9.17, 15) is 0 Å². The lowest BCUT2D eigenvalue weighted by molar-refractivity contribution is 0.468. The Morgan fingerprint density at radius 2 is 1.26 bits per heavy atom. The Hall–Kier alpha value is -1.56. The van der Waals surface area contributed by atoms with Crippen LogP contribution in [0.1, 0.15) is 38.8 Å². The largest absolute Gasteiger partial charge is 0.0622 e. The predicted molar refractivity (Wildman–Crippen MR) is 83.1 cm³/mol. The van der Waals surface area contributed by atoms with Gasteiger partial charge in [0.05, 0.1) is 0 Å². The molecule has 0 atom stereocenters. The molecule has 0 amide bonds. The first-order valence-electron chi connectivity index (χ1n) is 7.01. The molecule has 0 saturated heterocycles. The molecule has 19 heavy (non-hydrogen) atoms. The molecular weight excluding hydrogens is 228 g/mol. The van der Waals surface area contributed by atoms with Crippen molar-refractivity contribution in [2.45, 2.75) is 33.1 Å². The zero-order chi connectivity index (χ0) is 13.9. The molecule has 0 fully saturated rings. The van der Waals surface area contributed by atoms with Gasteiger partial charge in [0.25, 0.3) is 0 Å². The molecule has 0 aliphatic carbocycles. The highest BCUT2D eigenvalue weighted by molar-refractivity contribution is 5.43. The topological polar surface area (TPSA) is 0 Å². The van der Waals surface area contributed by atoms with Crippen LogP contribution in [0.25, 0.3) is 0 Å². The lowest BCUT2D eigenvalue weighted by Gasteiger charge is -2.37. The zero-order valence-corrected chi connectivity index (χ0v) is 12.4. The van der Waals surface area contributed by atoms with Gasteiger partial charge in [0.15, 0.2) is 0 Å². The summed E-state index contributed by atoms with van der Waals surface area (Å²) in [6, 6.07) is 21.6. The maximum Gasteiger partial charge on any atom is 0.0175 e. The van der Waals surface area contributed by atoms with Crippen LogP contribution in [0.5, 0.6) is 0 Å². The summed E-state index contributed by atoms with van der Waals surface area (Å²) in [5.74, 6) is 2.02. The molecule has 2 aromatic carbocycles. The summed E-state index contributed by atoms with van der Waals surface area (Å²) in [6.45, 7) is 9.22. The first-order chi connectivity index (χ1) is 9.03. The average Bonchev–Trinajstić information content (AvgIpc) is 2.40. The quantitative estimate of drug-likeness (QED) is 0.697. The molecular formula is C19H23. The van der Waals surface area contributed by atoms with Crippen LogP contribution in [-0.2, 0) is 5.41 Å². The molecule has 2 aromatic rings. The highest BCUT2D eigenvalue weighted by atomic mass is 14.4. The molecule has 0 aliphatic rings. The second-order valence-electron chi connectivity index (χ2n) is 5.93. The van der Waals surface area contributed by atoms with Crippen molar-refractivity contribution in [3.8, 4) is 0 Å². The van der Waals surface area contributed by atoms with Crippen LogP contribution < -0.4 is 0 Å². The van der Waals surface area contributed by atoms with E-state index >= 15 is 0 Å². The van der Waals surface area contributed by atoms with Crippen molar-refractivity contribution in [1.82, 2.24) is 0 Å². The Labute approximate surface area is 117 Å². The molecule has 0 spiro atoms. The lowest BCUT2D eigenvalue weighted by Crippen LogP contribution is -2.31. The van der Waals surface area contributed by atoms with Crippen LogP contribution in [0, 0.1) is 11.8 Å². The van der Waals surface area contributed by atoms with Crippen LogP contribution in [-0.4, -0.2) is 0 Å². The summed E-state index contributed by atoms with van der Waals surface area (Å²) in [5.41, 5.74) is 2.78. The Bertz CT molecular complexity index is 494. The maximum absolute atomic E-state index is 2.32. The minimum atomic E-state index is 0.0524. The Morgan fingerprint density at radius 3 is 1.74 bits per heavy atom. The summed E-state index contributed by atoms with van der Waals surface area (Å²) in [6.07, 6.45) is 0. The first kappa shape index (κ1) is 13.9. The Kier molecular flexibility index (Phi) is 4.09. The second kappa shape index (κ2) is 5.61. The Balaban J connectivity index is 2.45. The van der Waals surface area contributed by atoms with E-state index in [4.69, 9.17) is 0 Å². The number of rotatable bonds is 4. The van der Waals surface area contributed by atoms with Crippen molar-refractivity contribution in [3.05, 3.63) is 77.7 Å². The third kappa shape index (κ3) is 2.89. The van der Waals surface area contributed by atoms with Gasteiger partial charge in [0.2, 0.25) is 0 Å². The fourth-order valence-corrected chi connectivity index (χ4v) is 3.04. The summed E-state index contributed by atoms with van der Waals surface area (Å²) in [7, 11) is 0. The van der Waals surface area contributed by atoms with Crippen molar-refractivity contribution in [2.24, 2.45) is 5.92 Å². The van der Waals surface area contributed by atoms with E-state index in [-0.39, 0.29) is 5.41 Å². The Morgan fingerprint density at radius 1 is 0.789 bits per heavy atom. The van der Waals surface area contributed by atoms with Gasteiger partial charge in [-0.1, -0.05) is 88.4 Å². The highest BCUT2D eigenvalue weighted by Gasteiger charge is 2.34. The zero-order valence-electron chi connectivity index (χ0n) is 12.4. The normalized spacial score (nSPS) is 12.1. The van der Waals surface area contributed by atoms with Gasteiger partial charge in [-0.15, -0.1) is 0 Å². The van der Waals surface area contributed by atoms with Crippen LogP contribution >= 0.6 is 0 Å². The van der Waals surface area contributed by atoms with E-state index in [1.807, 2.05) is 0 Å². The molecule has 0 unspecified atom stereocenters. The van der Waals surface area contributed by atoms with Gasteiger partial charge < -0.3 is 0 Å². The van der Waals surface area contributed by atoms with Gasteiger partial charge >= 0.3 is 0 Å². The molecule has 0 bridgehead atoms.